The van der Waals surface area contributed by atoms with Gasteiger partial charge in [0.15, 0.2) is 0 Å². The van der Waals surface area contributed by atoms with Crippen LogP contribution in [-0.2, 0) is 9.84 Å². The van der Waals surface area contributed by atoms with Gasteiger partial charge < -0.3 is 10.4 Å². The quantitative estimate of drug-likeness (QED) is 0.772. The third kappa shape index (κ3) is 5.24. The van der Waals surface area contributed by atoms with E-state index in [1.165, 1.54) is 6.26 Å². The molecule has 4 nitrogen and oxygen atoms in total. The molecule has 1 aliphatic carbocycles. The molecule has 1 fully saturated rings. The second kappa shape index (κ2) is 6.35. The van der Waals surface area contributed by atoms with Gasteiger partial charge in [-0.2, -0.15) is 0 Å². The molecule has 0 aromatic carbocycles. The van der Waals surface area contributed by atoms with Crippen LogP contribution < -0.4 is 5.32 Å². The molecule has 0 saturated heterocycles. The lowest BCUT2D eigenvalue weighted by Crippen LogP contribution is -2.45. The molecule has 0 aromatic rings. The molecular weight excluding hydrogens is 250 g/mol. The van der Waals surface area contributed by atoms with E-state index in [0.29, 0.717) is 13.0 Å². The molecule has 0 heterocycles. The largest absolute Gasteiger partial charge is 0.389 e. The van der Waals surface area contributed by atoms with Gasteiger partial charge in [-0.25, -0.2) is 8.42 Å². The summed E-state index contributed by atoms with van der Waals surface area (Å²) >= 11 is 0. The van der Waals surface area contributed by atoms with Crippen molar-refractivity contribution in [2.75, 3.05) is 12.8 Å². The van der Waals surface area contributed by atoms with E-state index in [1.807, 2.05) is 6.92 Å². The number of aliphatic hydroxyl groups is 1. The summed E-state index contributed by atoms with van der Waals surface area (Å²) in [6.45, 7) is 4.43. The lowest BCUT2D eigenvalue weighted by Gasteiger charge is -2.32. The van der Waals surface area contributed by atoms with E-state index >= 15 is 0 Å². The first-order valence-electron chi connectivity index (χ1n) is 6.89. The Hall–Kier alpha value is -0.130. The van der Waals surface area contributed by atoms with Crippen LogP contribution in [0.1, 0.15) is 52.4 Å². The summed E-state index contributed by atoms with van der Waals surface area (Å²) < 4.78 is 23.1. The number of rotatable bonds is 6. The van der Waals surface area contributed by atoms with Crippen LogP contribution in [0.4, 0.5) is 0 Å². The summed E-state index contributed by atoms with van der Waals surface area (Å²) in [5.74, 6) is 0. The minimum atomic E-state index is -2.93. The first-order chi connectivity index (χ1) is 8.24. The number of nitrogens with one attached hydrogen (secondary N) is 1. The topological polar surface area (TPSA) is 66.4 Å². The molecule has 108 valence electrons. The molecule has 2 N–H and O–H groups in total. The first-order valence-corrected chi connectivity index (χ1v) is 8.84. The van der Waals surface area contributed by atoms with E-state index in [4.69, 9.17) is 0 Å². The molecule has 3 atom stereocenters. The van der Waals surface area contributed by atoms with Gasteiger partial charge in [-0.3, -0.25) is 0 Å². The van der Waals surface area contributed by atoms with E-state index in [9.17, 15) is 13.5 Å². The van der Waals surface area contributed by atoms with Crippen molar-refractivity contribution in [1.82, 2.24) is 5.32 Å². The van der Waals surface area contributed by atoms with E-state index in [0.717, 1.165) is 32.1 Å². The van der Waals surface area contributed by atoms with Crippen molar-refractivity contribution in [2.45, 2.75) is 69.3 Å². The number of hydrogen-bond acceptors (Lipinski definition) is 4. The summed E-state index contributed by atoms with van der Waals surface area (Å²) in [6.07, 6.45) is 6.46. The van der Waals surface area contributed by atoms with Crippen molar-refractivity contribution in [3.63, 3.8) is 0 Å². The second-order valence-electron chi connectivity index (χ2n) is 5.94. The van der Waals surface area contributed by atoms with Crippen LogP contribution in [0.5, 0.6) is 0 Å². The summed E-state index contributed by atoms with van der Waals surface area (Å²) in [4.78, 5) is 0. The van der Waals surface area contributed by atoms with Crippen molar-refractivity contribution >= 4 is 9.84 Å². The maximum atomic E-state index is 11.6. The fraction of sp³-hybridized carbons (Fsp3) is 1.00. The Kier molecular flexibility index (Phi) is 5.62. The highest BCUT2D eigenvalue weighted by molar-refractivity contribution is 7.91. The third-order valence-electron chi connectivity index (χ3n) is 3.79. The molecule has 18 heavy (non-hydrogen) atoms. The Morgan fingerprint density at radius 1 is 1.39 bits per heavy atom. The lowest BCUT2D eigenvalue weighted by molar-refractivity contribution is 0.0458. The zero-order chi connectivity index (χ0) is 13.8. The van der Waals surface area contributed by atoms with Gasteiger partial charge in [0.05, 0.1) is 10.9 Å². The van der Waals surface area contributed by atoms with Crippen molar-refractivity contribution in [1.29, 1.82) is 0 Å². The van der Waals surface area contributed by atoms with Crippen LogP contribution in [0.3, 0.4) is 0 Å². The molecule has 0 aliphatic heterocycles. The molecule has 0 spiro atoms. The van der Waals surface area contributed by atoms with Crippen molar-refractivity contribution in [3.05, 3.63) is 0 Å². The van der Waals surface area contributed by atoms with Crippen LogP contribution in [0, 0.1) is 0 Å². The smallest absolute Gasteiger partial charge is 0.150 e. The van der Waals surface area contributed by atoms with Crippen LogP contribution in [-0.4, -0.2) is 43.2 Å². The average Bonchev–Trinajstić information content (AvgIpc) is 2.26. The summed E-state index contributed by atoms with van der Waals surface area (Å²) in [6, 6.07) is 0.224. The van der Waals surface area contributed by atoms with Crippen LogP contribution in [0.15, 0.2) is 0 Å². The fourth-order valence-corrected chi connectivity index (χ4v) is 3.89. The SMILES string of the molecule is CCCC(C)(O)CNC1CCCC(S(C)(=O)=O)C1. The molecule has 0 aromatic heterocycles. The minimum absolute atomic E-state index is 0.208. The van der Waals surface area contributed by atoms with Gasteiger partial charge in [-0.1, -0.05) is 19.8 Å². The summed E-state index contributed by atoms with van der Waals surface area (Å²) in [5.41, 5.74) is -0.688. The molecule has 1 rings (SSSR count). The maximum Gasteiger partial charge on any atom is 0.150 e. The lowest BCUT2D eigenvalue weighted by atomic mass is 9.93. The first kappa shape index (κ1) is 15.9. The molecule has 5 heteroatoms. The highest BCUT2D eigenvalue weighted by atomic mass is 32.2. The molecule has 0 bridgehead atoms. The predicted molar refractivity (Wildman–Crippen MR) is 74.4 cm³/mol. The third-order valence-corrected chi connectivity index (χ3v) is 5.43. The van der Waals surface area contributed by atoms with Crippen LogP contribution in [0.25, 0.3) is 0 Å². The Balaban J connectivity index is 2.44. The van der Waals surface area contributed by atoms with Crippen molar-refractivity contribution in [3.8, 4) is 0 Å². The standard InChI is InChI=1S/C13H27NO3S/c1-4-8-13(2,15)10-14-11-6-5-7-12(9-11)18(3,16)17/h11-12,14-15H,4-10H2,1-3H3. The molecule has 0 amide bonds. The summed E-state index contributed by atoms with van der Waals surface area (Å²) in [5, 5.41) is 13.2. The van der Waals surface area contributed by atoms with Gasteiger partial charge >= 0.3 is 0 Å². The highest BCUT2D eigenvalue weighted by Gasteiger charge is 2.29. The normalized spacial score (nSPS) is 28.9. The Bertz CT molecular complexity index is 351. The fourth-order valence-electron chi connectivity index (χ4n) is 2.71. The molecule has 0 radical (unpaired) electrons. The molecule has 3 unspecified atom stereocenters. The van der Waals surface area contributed by atoms with Gasteiger partial charge in [0, 0.05) is 18.8 Å². The number of sulfone groups is 1. The maximum absolute atomic E-state index is 11.6. The molecular formula is C13H27NO3S. The Morgan fingerprint density at radius 3 is 2.61 bits per heavy atom. The van der Waals surface area contributed by atoms with Crippen LogP contribution in [0.2, 0.25) is 0 Å². The Morgan fingerprint density at radius 2 is 2.06 bits per heavy atom. The van der Waals surface area contributed by atoms with E-state index in [1.54, 1.807) is 0 Å². The van der Waals surface area contributed by atoms with Gasteiger partial charge in [0.2, 0.25) is 0 Å². The van der Waals surface area contributed by atoms with E-state index in [-0.39, 0.29) is 11.3 Å². The van der Waals surface area contributed by atoms with Gasteiger partial charge in [-0.15, -0.1) is 0 Å². The predicted octanol–water partition coefficient (Wildman–Crippen LogP) is 1.48. The van der Waals surface area contributed by atoms with Crippen molar-refractivity contribution < 1.29 is 13.5 Å². The van der Waals surface area contributed by atoms with Crippen LogP contribution >= 0.6 is 0 Å². The Labute approximate surface area is 111 Å². The molecule has 1 saturated carbocycles. The average molecular weight is 277 g/mol. The van der Waals surface area contributed by atoms with Gasteiger partial charge in [-0.05, 0) is 32.6 Å². The summed E-state index contributed by atoms with van der Waals surface area (Å²) in [7, 11) is -2.93. The second-order valence-corrected chi connectivity index (χ2v) is 8.27. The zero-order valence-corrected chi connectivity index (χ0v) is 12.6. The number of hydrogen-bond donors (Lipinski definition) is 2. The monoisotopic (exact) mass is 277 g/mol. The zero-order valence-electron chi connectivity index (χ0n) is 11.8. The van der Waals surface area contributed by atoms with E-state index < -0.39 is 15.4 Å². The van der Waals surface area contributed by atoms with E-state index in [2.05, 4.69) is 12.2 Å². The molecule has 1 aliphatic rings. The van der Waals surface area contributed by atoms with Crippen molar-refractivity contribution in [2.24, 2.45) is 0 Å². The van der Waals surface area contributed by atoms with Gasteiger partial charge in [0.25, 0.3) is 0 Å². The highest BCUT2D eigenvalue weighted by Crippen LogP contribution is 2.24. The van der Waals surface area contributed by atoms with Gasteiger partial charge in [0.1, 0.15) is 9.84 Å². The minimum Gasteiger partial charge on any atom is -0.389 e.